The molecule has 0 aromatic carbocycles. The van der Waals surface area contributed by atoms with Gasteiger partial charge < -0.3 is 14.5 Å². The highest BCUT2D eigenvalue weighted by atomic mass is 16.5. The van der Waals surface area contributed by atoms with Crippen molar-refractivity contribution in [1.29, 1.82) is 0 Å². The topological polar surface area (TPSA) is 45.7 Å². The molecule has 0 bridgehead atoms. The number of aromatic nitrogens is 1. The lowest BCUT2D eigenvalue weighted by Gasteiger charge is -2.35. The molecule has 1 unspecified atom stereocenters. The summed E-state index contributed by atoms with van der Waals surface area (Å²) >= 11 is 0. The van der Waals surface area contributed by atoms with Gasteiger partial charge in [0.1, 0.15) is 0 Å². The second-order valence-corrected chi connectivity index (χ2v) is 6.27. The Kier molecular flexibility index (Phi) is 6.99. The van der Waals surface area contributed by atoms with E-state index >= 15 is 0 Å². The normalized spacial score (nSPS) is 17.9. The van der Waals surface area contributed by atoms with Gasteiger partial charge in [-0.2, -0.15) is 0 Å². The van der Waals surface area contributed by atoms with Crippen LogP contribution in [0, 0.1) is 5.92 Å². The Morgan fingerprint density at radius 2 is 2.22 bits per heavy atom. The molecule has 5 nitrogen and oxygen atoms in total. The number of carbonyl (C=O) groups is 1. The maximum atomic E-state index is 12.9. The summed E-state index contributed by atoms with van der Waals surface area (Å²) in [4.78, 5) is 21.3. The van der Waals surface area contributed by atoms with Crippen molar-refractivity contribution in [1.82, 2.24) is 14.8 Å². The van der Waals surface area contributed by atoms with Crippen LogP contribution in [-0.2, 0) is 9.53 Å². The average molecular weight is 319 g/mol. The Morgan fingerprint density at radius 1 is 1.48 bits per heavy atom. The molecule has 1 saturated heterocycles. The largest absolute Gasteiger partial charge is 0.383 e. The standard InChI is InChI=1S/C18H29N3O2/c1-4-17(16-6-5-9-19-14-16)20(2)18(22)15-7-10-21(11-8-15)12-13-23-3/h5-6,9,14-15,17H,4,7-8,10-13H2,1-3H3. The number of ether oxygens (including phenoxy) is 1. The van der Waals surface area contributed by atoms with Crippen molar-refractivity contribution < 1.29 is 9.53 Å². The number of carbonyl (C=O) groups excluding carboxylic acids is 1. The minimum atomic E-state index is 0.114. The van der Waals surface area contributed by atoms with E-state index in [1.165, 1.54) is 0 Å². The SMILES string of the molecule is CCC(c1cccnc1)N(C)C(=O)C1CCN(CCOC)CC1. The van der Waals surface area contributed by atoms with Crippen molar-refractivity contribution in [3.63, 3.8) is 0 Å². The third-order valence-electron chi connectivity index (χ3n) is 4.82. The van der Waals surface area contributed by atoms with Crippen LogP contribution >= 0.6 is 0 Å². The third kappa shape index (κ3) is 4.75. The second-order valence-electron chi connectivity index (χ2n) is 6.27. The first-order valence-electron chi connectivity index (χ1n) is 8.55. The van der Waals surface area contributed by atoms with E-state index in [9.17, 15) is 4.79 Å². The number of amides is 1. The lowest BCUT2D eigenvalue weighted by Crippen LogP contribution is -2.43. The van der Waals surface area contributed by atoms with Gasteiger partial charge in [-0.15, -0.1) is 0 Å². The molecule has 0 spiro atoms. The second kappa shape index (κ2) is 8.99. The zero-order chi connectivity index (χ0) is 16.7. The number of piperidine rings is 1. The van der Waals surface area contributed by atoms with E-state index in [0.717, 1.165) is 51.1 Å². The fourth-order valence-corrected chi connectivity index (χ4v) is 3.37. The van der Waals surface area contributed by atoms with Gasteiger partial charge in [-0.1, -0.05) is 13.0 Å². The molecule has 2 rings (SSSR count). The number of rotatable bonds is 7. The first-order valence-corrected chi connectivity index (χ1v) is 8.55. The fourth-order valence-electron chi connectivity index (χ4n) is 3.37. The molecule has 1 aromatic rings. The van der Waals surface area contributed by atoms with Crippen LogP contribution in [-0.4, -0.2) is 61.1 Å². The van der Waals surface area contributed by atoms with Crippen LogP contribution in [0.3, 0.4) is 0 Å². The molecule has 2 heterocycles. The molecule has 1 amide bonds. The minimum absolute atomic E-state index is 0.114. The highest BCUT2D eigenvalue weighted by Crippen LogP contribution is 2.27. The third-order valence-corrected chi connectivity index (χ3v) is 4.82. The maximum absolute atomic E-state index is 12.9. The summed E-state index contributed by atoms with van der Waals surface area (Å²) in [5, 5.41) is 0. The zero-order valence-corrected chi connectivity index (χ0v) is 14.6. The molecule has 0 aliphatic carbocycles. The van der Waals surface area contributed by atoms with Crippen molar-refractivity contribution in [2.75, 3.05) is 40.4 Å². The van der Waals surface area contributed by atoms with E-state index in [1.807, 2.05) is 24.2 Å². The van der Waals surface area contributed by atoms with Crippen LogP contribution in [0.15, 0.2) is 24.5 Å². The highest BCUT2D eigenvalue weighted by molar-refractivity contribution is 5.79. The van der Waals surface area contributed by atoms with Crippen molar-refractivity contribution in [3.8, 4) is 0 Å². The van der Waals surface area contributed by atoms with Crippen LogP contribution in [0.2, 0.25) is 0 Å². The van der Waals surface area contributed by atoms with Crippen LogP contribution in [0.4, 0.5) is 0 Å². The Labute approximate surface area is 139 Å². The summed E-state index contributed by atoms with van der Waals surface area (Å²) in [5.41, 5.74) is 1.11. The molecule has 5 heteroatoms. The van der Waals surface area contributed by atoms with Crippen molar-refractivity contribution in [3.05, 3.63) is 30.1 Å². The Bertz CT molecular complexity index is 472. The monoisotopic (exact) mass is 319 g/mol. The van der Waals surface area contributed by atoms with E-state index in [1.54, 1.807) is 13.3 Å². The summed E-state index contributed by atoms with van der Waals surface area (Å²) in [6, 6.07) is 4.10. The van der Waals surface area contributed by atoms with Gasteiger partial charge in [0.15, 0.2) is 0 Å². The van der Waals surface area contributed by atoms with Gasteiger partial charge in [0.2, 0.25) is 5.91 Å². The number of pyridine rings is 1. The Balaban J connectivity index is 1.92. The summed E-state index contributed by atoms with van der Waals surface area (Å²) in [7, 11) is 3.66. The summed E-state index contributed by atoms with van der Waals surface area (Å²) in [6.07, 6.45) is 6.42. The van der Waals surface area contributed by atoms with Gasteiger partial charge in [-0.25, -0.2) is 0 Å². The van der Waals surface area contributed by atoms with Gasteiger partial charge in [0, 0.05) is 39.0 Å². The average Bonchev–Trinajstić information content (AvgIpc) is 2.61. The predicted molar refractivity (Wildman–Crippen MR) is 91.1 cm³/mol. The van der Waals surface area contributed by atoms with Gasteiger partial charge in [0.05, 0.1) is 12.6 Å². The van der Waals surface area contributed by atoms with Gasteiger partial charge in [0.25, 0.3) is 0 Å². The van der Waals surface area contributed by atoms with Gasteiger partial charge >= 0.3 is 0 Å². The van der Waals surface area contributed by atoms with Gasteiger partial charge in [-0.3, -0.25) is 9.78 Å². The quantitative estimate of drug-likeness (QED) is 0.774. The molecule has 0 saturated carbocycles. The maximum Gasteiger partial charge on any atom is 0.226 e. The molecule has 23 heavy (non-hydrogen) atoms. The van der Waals surface area contributed by atoms with Crippen LogP contribution in [0.1, 0.15) is 37.8 Å². The number of methoxy groups -OCH3 is 1. The summed E-state index contributed by atoms with van der Waals surface area (Å²) in [6.45, 7) is 5.81. The summed E-state index contributed by atoms with van der Waals surface area (Å²) < 4.78 is 5.13. The molecule has 1 atom stereocenters. The predicted octanol–water partition coefficient (Wildman–Crippen LogP) is 2.35. The van der Waals surface area contributed by atoms with E-state index < -0.39 is 0 Å². The van der Waals surface area contributed by atoms with Crippen LogP contribution < -0.4 is 0 Å². The number of hydrogen-bond donors (Lipinski definition) is 0. The molecular formula is C18H29N3O2. The zero-order valence-electron chi connectivity index (χ0n) is 14.6. The van der Waals surface area contributed by atoms with E-state index in [2.05, 4.69) is 22.9 Å². The molecule has 128 valence electrons. The molecule has 0 N–H and O–H groups in total. The van der Waals surface area contributed by atoms with Crippen molar-refractivity contribution >= 4 is 5.91 Å². The Morgan fingerprint density at radius 3 is 2.78 bits per heavy atom. The first-order chi connectivity index (χ1) is 11.2. The Hall–Kier alpha value is -1.46. The van der Waals surface area contributed by atoms with E-state index in [0.29, 0.717) is 0 Å². The van der Waals surface area contributed by atoms with Gasteiger partial charge in [-0.05, 0) is 44.0 Å². The fraction of sp³-hybridized carbons (Fsp3) is 0.667. The molecule has 1 fully saturated rings. The molecular weight excluding hydrogens is 290 g/mol. The van der Waals surface area contributed by atoms with Crippen LogP contribution in [0.5, 0.6) is 0 Å². The molecule has 1 aromatic heterocycles. The lowest BCUT2D eigenvalue weighted by atomic mass is 9.94. The minimum Gasteiger partial charge on any atom is -0.383 e. The number of hydrogen-bond acceptors (Lipinski definition) is 4. The summed E-state index contributed by atoms with van der Waals surface area (Å²) in [5.74, 6) is 0.414. The number of likely N-dealkylation sites (tertiary alicyclic amines) is 1. The smallest absolute Gasteiger partial charge is 0.226 e. The first kappa shape index (κ1) is 17.9. The van der Waals surface area contributed by atoms with Crippen LogP contribution in [0.25, 0.3) is 0 Å². The highest BCUT2D eigenvalue weighted by Gasteiger charge is 2.30. The van der Waals surface area contributed by atoms with Crippen molar-refractivity contribution in [2.45, 2.75) is 32.2 Å². The lowest BCUT2D eigenvalue weighted by molar-refractivity contribution is -0.138. The van der Waals surface area contributed by atoms with Crippen molar-refractivity contribution in [2.24, 2.45) is 5.92 Å². The molecule has 1 aliphatic heterocycles. The molecule has 0 radical (unpaired) electrons. The number of nitrogens with zero attached hydrogens (tertiary/aromatic N) is 3. The molecule has 1 aliphatic rings. The van der Waals surface area contributed by atoms with E-state index in [4.69, 9.17) is 4.74 Å². The van der Waals surface area contributed by atoms with E-state index in [-0.39, 0.29) is 17.9 Å².